The molecule has 2 rings (SSSR count). The van der Waals surface area contributed by atoms with Crippen LogP contribution in [0.5, 0.6) is 0 Å². The number of benzene rings is 1. The number of halogens is 1. The van der Waals surface area contributed by atoms with Crippen LogP contribution in [-0.2, 0) is 23.3 Å². The van der Waals surface area contributed by atoms with Gasteiger partial charge in [-0.15, -0.1) is 5.10 Å². The van der Waals surface area contributed by atoms with Gasteiger partial charge in [-0.05, 0) is 16.5 Å². The summed E-state index contributed by atoms with van der Waals surface area (Å²) in [5, 5.41) is 21.5. The van der Waals surface area contributed by atoms with E-state index in [0.717, 1.165) is 0 Å². The Morgan fingerprint density at radius 2 is 2.05 bits per heavy atom. The van der Waals surface area contributed by atoms with E-state index in [2.05, 4.69) is 15.5 Å². The monoisotopic (exact) mass is 308 g/mol. The maximum Gasteiger partial charge on any atom is 0.156 e. The summed E-state index contributed by atoms with van der Waals surface area (Å²) in [5.74, 6) is 0.383. The van der Waals surface area contributed by atoms with E-state index in [1.54, 1.807) is 22.9 Å². The van der Waals surface area contributed by atoms with E-state index < -0.39 is 6.10 Å². The van der Waals surface area contributed by atoms with E-state index in [4.69, 9.17) is 4.74 Å². The normalized spacial score (nSPS) is 13.3. The third kappa shape index (κ3) is 4.32. The van der Waals surface area contributed by atoms with Crippen molar-refractivity contribution in [2.75, 3.05) is 6.61 Å². The van der Waals surface area contributed by atoms with Crippen LogP contribution in [-0.4, -0.2) is 38.0 Å². The Bertz CT molecular complexity index is 610. The first kappa shape index (κ1) is 16.5. The van der Waals surface area contributed by atoms with Gasteiger partial charge in [-0.1, -0.05) is 39.0 Å². The van der Waals surface area contributed by atoms with Gasteiger partial charge in [0.05, 0.1) is 25.9 Å². The SMILES string of the molecule is CC(C)(C)c1nnnn1C[C@@H](O)COCc1ccccc1F. The Hall–Kier alpha value is -1.86. The van der Waals surface area contributed by atoms with Gasteiger partial charge in [0.15, 0.2) is 5.82 Å². The lowest BCUT2D eigenvalue weighted by molar-refractivity contribution is 0.0168. The zero-order valence-corrected chi connectivity index (χ0v) is 13.0. The average molecular weight is 308 g/mol. The lowest BCUT2D eigenvalue weighted by atomic mass is 9.96. The third-order valence-electron chi connectivity index (χ3n) is 3.11. The van der Waals surface area contributed by atoms with Crippen molar-refractivity contribution in [1.82, 2.24) is 20.2 Å². The fraction of sp³-hybridized carbons (Fsp3) is 0.533. The first-order chi connectivity index (χ1) is 10.4. The highest BCUT2D eigenvalue weighted by atomic mass is 19.1. The second-order valence-electron chi connectivity index (χ2n) is 6.19. The van der Waals surface area contributed by atoms with E-state index in [9.17, 15) is 9.50 Å². The summed E-state index contributed by atoms with van der Waals surface area (Å²) in [4.78, 5) is 0. The minimum absolute atomic E-state index is 0.0811. The van der Waals surface area contributed by atoms with Crippen LogP contribution < -0.4 is 0 Å². The topological polar surface area (TPSA) is 73.1 Å². The van der Waals surface area contributed by atoms with Gasteiger partial charge >= 0.3 is 0 Å². The number of aromatic nitrogens is 4. The molecule has 0 aliphatic rings. The van der Waals surface area contributed by atoms with Crippen LogP contribution in [0.3, 0.4) is 0 Å². The number of ether oxygens (including phenoxy) is 1. The Kier molecular flexibility index (Phi) is 5.20. The van der Waals surface area contributed by atoms with Crippen LogP contribution in [0.2, 0.25) is 0 Å². The molecule has 0 aliphatic heterocycles. The van der Waals surface area contributed by atoms with Crippen LogP contribution in [0.1, 0.15) is 32.2 Å². The Morgan fingerprint density at radius 3 is 2.73 bits per heavy atom. The smallest absolute Gasteiger partial charge is 0.156 e. The van der Waals surface area contributed by atoms with Crippen molar-refractivity contribution in [3.05, 3.63) is 41.5 Å². The molecule has 0 saturated carbocycles. The lowest BCUT2D eigenvalue weighted by Gasteiger charge is -2.18. The number of hydrogen-bond acceptors (Lipinski definition) is 5. The molecule has 0 amide bonds. The van der Waals surface area contributed by atoms with Crippen molar-refractivity contribution in [3.8, 4) is 0 Å². The predicted molar refractivity (Wildman–Crippen MR) is 78.6 cm³/mol. The highest BCUT2D eigenvalue weighted by Crippen LogP contribution is 2.18. The van der Waals surface area contributed by atoms with Crippen LogP contribution in [0.15, 0.2) is 24.3 Å². The average Bonchev–Trinajstić information content (AvgIpc) is 2.89. The molecular formula is C15H21FN4O2. The largest absolute Gasteiger partial charge is 0.389 e. The molecule has 1 atom stereocenters. The molecule has 1 aromatic carbocycles. The molecule has 1 N–H and O–H groups in total. The quantitative estimate of drug-likeness (QED) is 0.879. The van der Waals surface area contributed by atoms with Crippen molar-refractivity contribution in [2.24, 2.45) is 0 Å². The molecule has 2 aromatic rings. The number of nitrogens with zero attached hydrogens (tertiary/aromatic N) is 4. The second kappa shape index (κ2) is 6.93. The van der Waals surface area contributed by atoms with Crippen molar-refractivity contribution in [1.29, 1.82) is 0 Å². The minimum atomic E-state index is -0.767. The Morgan fingerprint density at radius 1 is 1.32 bits per heavy atom. The maximum atomic E-state index is 13.4. The molecule has 0 aliphatic carbocycles. The van der Waals surface area contributed by atoms with Gasteiger partial charge < -0.3 is 9.84 Å². The molecule has 0 radical (unpaired) electrons. The van der Waals surface area contributed by atoms with Crippen molar-refractivity contribution < 1.29 is 14.2 Å². The van der Waals surface area contributed by atoms with Crippen LogP contribution in [0, 0.1) is 5.82 Å². The van der Waals surface area contributed by atoms with Gasteiger partial charge in [0.25, 0.3) is 0 Å². The van der Waals surface area contributed by atoms with Gasteiger partial charge in [-0.3, -0.25) is 0 Å². The molecule has 0 fully saturated rings. The zero-order valence-electron chi connectivity index (χ0n) is 13.0. The first-order valence-corrected chi connectivity index (χ1v) is 7.14. The highest BCUT2D eigenvalue weighted by molar-refractivity contribution is 5.16. The van der Waals surface area contributed by atoms with E-state index in [-0.39, 0.29) is 31.0 Å². The fourth-order valence-corrected chi connectivity index (χ4v) is 2.04. The van der Waals surface area contributed by atoms with Crippen molar-refractivity contribution in [2.45, 2.75) is 45.4 Å². The number of hydrogen-bond donors (Lipinski definition) is 1. The molecule has 0 spiro atoms. The van der Waals surface area contributed by atoms with Crippen LogP contribution >= 0.6 is 0 Å². The number of aliphatic hydroxyl groups excluding tert-OH is 1. The Balaban J connectivity index is 1.85. The summed E-state index contributed by atoms with van der Waals surface area (Å²) >= 11 is 0. The number of rotatable bonds is 6. The summed E-state index contributed by atoms with van der Waals surface area (Å²) in [6.45, 7) is 6.42. The van der Waals surface area contributed by atoms with Gasteiger partial charge in [0.1, 0.15) is 5.82 Å². The van der Waals surface area contributed by atoms with E-state index in [1.807, 2.05) is 20.8 Å². The van der Waals surface area contributed by atoms with E-state index in [1.165, 1.54) is 6.07 Å². The predicted octanol–water partition coefficient (Wildman–Crippen LogP) is 1.69. The molecule has 1 aromatic heterocycles. The van der Waals surface area contributed by atoms with Gasteiger partial charge in [-0.25, -0.2) is 9.07 Å². The van der Waals surface area contributed by atoms with Crippen molar-refractivity contribution in [3.63, 3.8) is 0 Å². The summed E-state index contributed by atoms with van der Waals surface area (Å²) in [5.41, 5.74) is 0.254. The molecule has 0 saturated heterocycles. The zero-order chi connectivity index (χ0) is 16.2. The van der Waals surface area contributed by atoms with E-state index in [0.29, 0.717) is 11.4 Å². The highest BCUT2D eigenvalue weighted by Gasteiger charge is 2.23. The molecule has 0 unspecified atom stereocenters. The van der Waals surface area contributed by atoms with Crippen LogP contribution in [0.4, 0.5) is 4.39 Å². The molecular weight excluding hydrogens is 287 g/mol. The summed E-state index contributed by atoms with van der Waals surface area (Å²) in [6, 6.07) is 6.40. The van der Waals surface area contributed by atoms with Gasteiger partial charge in [0.2, 0.25) is 0 Å². The summed E-state index contributed by atoms with van der Waals surface area (Å²) < 4.78 is 20.4. The standard InChI is InChI=1S/C15H21FN4O2/c1-15(2,3)14-17-18-19-20(14)8-12(21)10-22-9-11-6-4-5-7-13(11)16/h4-7,12,21H,8-10H2,1-3H3/t12-/m1/s1. The molecule has 6 nitrogen and oxygen atoms in total. The maximum absolute atomic E-state index is 13.4. The Labute approximate surface area is 128 Å². The second-order valence-corrected chi connectivity index (χ2v) is 6.19. The molecule has 22 heavy (non-hydrogen) atoms. The van der Waals surface area contributed by atoms with Crippen molar-refractivity contribution >= 4 is 0 Å². The molecule has 120 valence electrons. The van der Waals surface area contributed by atoms with E-state index >= 15 is 0 Å². The summed E-state index contributed by atoms with van der Waals surface area (Å²) in [6.07, 6.45) is -0.767. The lowest BCUT2D eigenvalue weighted by Crippen LogP contribution is -2.27. The number of aliphatic hydroxyl groups is 1. The fourth-order valence-electron chi connectivity index (χ4n) is 2.04. The molecule has 7 heteroatoms. The molecule has 0 bridgehead atoms. The number of tetrazole rings is 1. The first-order valence-electron chi connectivity index (χ1n) is 7.14. The van der Waals surface area contributed by atoms with Crippen LogP contribution in [0.25, 0.3) is 0 Å². The minimum Gasteiger partial charge on any atom is -0.389 e. The third-order valence-corrected chi connectivity index (χ3v) is 3.11. The van der Waals surface area contributed by atoms with Gasteiger partial charge in [0, 0.05) is 11.0 Å². The summed E-state index contributed by atoms with van der Waals surface area (Å²) in [7, 11) is 0. The van der Waals surface area contributed by atoms with Gasteiger partial charge in [-0.2, -0.15) is 0 Å². The molecule has 1 heterocycles.